The number of ether oxygens (including phenoxy) is 1. The molecule has 1 fully saturated rings. The van der Waals surface area contributed by atoms with Gasteiger partial charge >= 0.3 is 5.97 Å². The van der Waals surface area contributed by atoms with Crippen molar-refractivity contribution in [3.05, 3.63) is 33.4 Å². The Morgan fingerprint density at radius 3 is 2.92 bits per heavy atom. The standard InChI is InChI=1S/C17H20N4O3/c1-11-14(7-8-24-17(23)12-5-3-2-4-6-12)16(22)21-15(20-11)13(9-18)10-19-21/h10,12,19H,2-8H2,1H3. The Kier molecular flexibility index (Phi) is 4.65. The highest BCUT2D eigenvalue weighted by Crippen LogP contribution is 2.24. The van der Waals surface area contributed by atoms with E-state index >= 15 is 0 Å². The highest BCUT2D eigenvalue weighted by Gasteiger charge is 2.22. The minimum Gasteiger partial charge on any atom is -0.465 e. The fourth-order valence-corrected chi connectivity index (χ4v) is 3.24. The lowest BCUT2D eigenvalue weighted by Crippen LogP contribution is -2.25. The predicted octanol–water partition coefficient (Wildman–Crippen LogP) is 1.87. The van der Waals surface area contributed by atoms with Gasteiger partial charge in [-0.15, -0.1) is 0 Å². The van der Waals surface area contributed by atoms with E-state index in [1.54, 1.807) is 6.92 Å². The highest BCUT2D eigenvalue weighted by molar-refractivity contribution is 5.72. The van der Waals surface area contributed by atoms with Gasteiger partial charge in [-0.25, -0.2) is 9.50 Å². The zero-order valence-corrected chi connectivity index (χ0v) is 13.7. The first-order valence-corrected chi connectivity index (χ1v) is 8.28. The fourth-order valence-electron chi connectivity index (χ4n) is 3.24. The van der Waals surface area contributed by atoms with Crippen LogP contribution in [0.2, 0.25) is 0 Å². The van der Waals surface area contributed by atoms with Gasteiger partial charge in [0.25, 0.3) is 5.56 Å². The summed E-state index contributed by atoms with van der Waals surface area (Å²) in [6, 6.07) is 2.00. The van der Waals surface area contributed by atoms with Gasteiger partial charge < -0.3 is 4.74 Å². The van der Waals surface area contributed by atoms with Crippen molar-refractivity contribution in [3.8, 4) is 6.07 Å². The number of aromatic nitrogens is 3. The predicted molar refractivity (Wildman–Crippen MR) is 86.5 cm³/mol. The molecule has 0 aliphatic heterocycles. The van der Waals surface area contributed by atoms with Gasteiger partial charge in [0.05, 0.1) is 12.5 Å². The van der Waals surface area contributed by atoms with Crippen LogP contribution in [-0.2, 0) is 16.0 Å². The molecule has 1 saturated carbocycles. The van der Waals surface area contributed by atoms with Crippen LogP contribution in [0.15, 0.2) is 11.0 Å². The van der Waals surface area contributed by atoms with Crippen LogP contribution < -0.4 is 5.56 Å². The molecule has 0 spiro atoms. The van der Waals surface area contributed by atoms with Crippen LogP contribution in [0.4, 0.5) is 0 Å². The third-order valence-corrected chi connectivity index (χ3v) is 4.62. The summed E-state index contributed by atoms with van der Waals surface area (Å²) < 4.78 is 6.61. The summed E-state index contributed by atoms with van der Waals surface area (Å²) in [4.78, 5) is 28.9. The van der Waals surface area contributed by atoms with E-state index in [4.69, 9.17) is 10.00 Å². The molecular formula is C17H20N4O3. The van der Waals surface area contributed by atoms with E-state index in [0.29, 0.717) is 28.9 Å². The van der Waals surface area contributed by atoms with Gasteiger partial charge in [0.15, 0.2) is 5.65 Å². The molecule has 3 rings (SSSR count). The molecule has 0 aromatic carbocycles. The van der Waals surface area contributed by atoms with Gasteiger partial charge in [0.1, 0.15) is 11.6 Å². The fraction of sp³-hybridized carbons (Fsp3) is 0.529. The molecule has 24 heavy (non-hydrogen) atoms. The lowest BCUT2D eigenvalue weighted by atomic mass is 9.89. The van der Waals surface area contributed by atoms with E-state index in [1.165, 1.54) is 17.1 Å². The Balaban J connectivity index is 1.70. The number of H-pyrrole nitrogens is 1. The smallest absolute Gasteiger partial charge is 0.308 e. The molecule has 1 aliphatic carbocycles. The van der Waals surface area contributed by atoms with E-state index in [9.17, 15) is 9.59 Å². The first-order chi connectivity index (χ1) is 11.6. The molecular weight excluding hydrogens is 308 g/mol. The second-order valence-corrected chi connectivity index (χ2v) is 6.19. The first-order valence-electron chi connectivity index (χ1n) is 8.28. The average molecular weight is 328 g/mol. The van der Waals surface area contributed by atoms with Crippen LogP contribution in [0.3, 0.4) is 0 Å². The van der Waals surface area contributed by atoms with Crippen LogP contribution in [-0.4, -0.2) is 27.2 Å². The SMILES string of the molecule is Cc1nc2c(C#N)c[nH]n2c(=O)c1CCOC(=O)C1CCCCC1. The molecule has 2 aromatic rings. The van der Waals surface area contributed by atoms with Crippen LogP contribution >= 0.6 is 0 Å². The molecule has 0 unspecified atom stereocenters. The third kappa shape index (κ3) is 3.04. The van der Waals surface area contributed by atoms with Crippen LogP contribution in [0.1, 0.15) is 48.9 Å². The van der Waals surface area contributed by atoms with Gasteiger partial charge in [0.2, 0.25) is 0 Å². The molecule has 126 valence electrons. The van der Waals surface area contributed by atoms with Gasteiger partial charge in [-0.05, 0) is 19.8 Å². The summed E-state index contributed by atoms with van der Waals surface area (Å²) in [7, 11) is 0. The van der Waals surface area contributed by atoms with E-state index in [0.717, 1.165) is 25.7 Å². The quantitative estimate of drug-likeness (QED) is 0.864. The molecule has 2 heterocycles. The van der Waals surface area contributed by atoms with Crippen molar-refractivity contribution in [2.24, 2.45) is 5.92 Å². The summed E-state index contributed by atoms with van der Waals surface area (Å²) >= 11 is 0. The maximum atomic E-state index is 12.5. The molecule has 0 atom stereocenters. The number of nitrogens with zero attached hydrogens (tertiary/aromatic N) is 3. The number of esters is 1. The molecule has 7 nitrogen and oxygen atoms in total. The number of carbonyl (C=O) groups excluding carboxylic acids is 1. The maximum Gasteiger partial charge on any atom is 0.308 e. The molecule has 0 saturated heterocycles. The van der Waals surface area contributed by atoms with Crippen molar-refractivity contribution >= 4 is 11.6 Å². The molecule has 0 radical (unpaired) electrons. The number of hydrogen-bond donors (Lipinski definition) is 1. The monoisotopic (exact) mass is 328 g/mol. The van der Waals surface area contributed by atoms with Crippen molar-refractivity contribution in [1.29, 1.82) is 5.26 Å². The minimum atomic E-state index is -0.257. The summed E-state index contributed by atoms with van der Waals surface area (Å²) in [5.41, 5.74) is 1.45. The van der Waals surface area contributed by atoms with Crippen LogP contribution in [0, 0.1) is 24.2 Å². The van der Waals surface area contributed by atoms with Crippen molar-refractivity contribution in [2.75, 3.05) is 6.61 Å². The number of nitriles is 1. The van der Waals surface area contributed by atoms with Crippen molar-refractivity contribution in [1.82, 2.24) is 14.6 Å². The van der Waals surface area contributed by atoms with Gasteiger partial charge in [-0.2, -0.15) is 5.26 Å². The number of hydrogen-bond acceptors (Lipinski definition) is 5. The van der Waals surface area contributed by atoms with E-state index in [-0.39, 0.29) is 24.1 Å². The van der Waals surface area contributed by atoms with Gasteiger partial charge in [-0.3, -0.25) is 14.7 Å². The summed E-state index contributed by atoms with van der Waals surface area (Å²) in [5, 5.41) is 11.8. The minimum absolute atomic E-state index is 0.00291. The average Bonchev–Trinajstić information content (AvgIpc) is 3.01. The molecule has 2 aromatic heterocycles. The lowest BCUT2D eigenvalue weighted by Gasteiger charge is -2.19. The number of rotatable bonds is 4. The Labute approximate surface area is 139 Å². The number of aromatic amines is 1. The Bertz CT molecular complexity index is 853. The van der Waals surface area contributed by atoms with Crippen LogP contribution in [0.5, 0.6) is 0 Å². The zero-order chi connectivity index (χ0) is 17.1. The van der Waals surface area contributed by atoms with Crippen LogP contribution in [0.25, 0.3) is 5.65 Å². The van der Waals surface area contributed by atoms with Crippen molar-refractivity contribution in [3.63, 3.8) is 0 Å². The van der Waals surface area contributed by atoms with E-state index in [2.05, 4.69) is 10.1 Å². The van der Waals surface area contributed by atoms with Crippen molar-refractivity contribution in [2.45, 2.75) is 45.4 Å². The van der Waals surface area contributed by atoms with E-state index < -0.39 is 0 Å². The Hall–Kier alpha value is -2.62. The molecule has 0 amide bonds. The number of carbonyl (C=O) groups is 1. The highest BCUT2D eigenvalue weighted by atomic mass is 16.5. The summed E-state index contributed by atoms with van der Waals surface area (Å²) in [5.74, 6) is -0.156. The Morgan fingerprint density at radius 2 is 2.21 bits per heavy atom. The second-order valence-electron chi connectivity index (χ2n) is 6.19. The second kappa shape index (κ2) is 6.87. The summed E-state index contributed by atoms with van der Waals surface area (Å²) in [6.45, 7) is 1.90. The zero-order valence-electron chi connectivity index (χ0n) is 13.7. The largest absolute Gasteiger partial charge is 0.465 e. The first kappa shape index (κ1) is 16.2. The topological polar surface area (TPSA) is 100 Å². The van der Waals surface area contributed by atoms with Gasteiger partial charge in [0, 0.05) is 23.9 Å². The maximum absolute atomic E-state index is 12.5. The number of nitrogens with one attached hydrogen (secondary N) is 1. The van der Waals surface area contributed by atoms with E-state index in [1.807, 2.05) is 6.07 Å². The summed E-state index contributed by atoms with van der Waals surface area (Å²) in [6.07, 6.45) is 6.91. The molecule has 7 heteroatoms. The molecule has 0 bridgehead atoms. The third-order valence-electron chi connectivity index (χ3n) is 4.62. The molecule has 1 aliphatic rings. The van der Waals surface area contributed by atoms with Crippen molar-refractivity contribution < 1.29 is 9.53 Å². The number of fused-ring (bicyclic) bond motifs is 1. The van der Waals surface area contributed by atoms with Gasteiger partial charge in [-0.1, -0.05) is 19.3 Å². The Morgan fingerprint density at radius 1 is 1.46 bits per heavy atom. The number of aryl methyl sites for hydroxylation is 1. The lowest BCUT2D eigenvalue weighted by molar-refractivity contribution is -0.149. The molecule has 1 N–H and O–H groups in total. The normalized spacial score (nSPS) is 15.3.